The number of rotatable bonds is 4. The summed E-state index contributed by atoms with van der Waals surface area (Å²) in [6.07, 6.45) is 0. The molecule has 0 saturated carbocycles. The molecule has 0 aliphatic rings. The van der Waals surface area contributed by atoms with Gasteiger partial charge in [0.25, 0.3) is 5.91 Å². The quantitative estimate of drug-likeness (QED) is 0.512. The highest BCUT2D eigenvalue weighted by Gasteiger charge is 2.04. The summed E-state index contributed by atoms with van der Waals surface area (Å²) in [7, 11) is 0. The molecule has 2 aromatic carbocycles. The number of nitrogens with two attached hydrogens (primary N) is 1. The fourth-order valence-electron chi connectivity index (χ4n) is 1.56. The highest BCUT2D eigenvalue weighted by atomic mass is 35.5. The number of halogens is 1. The second kappa shape index (κ2) is 6.22. The molecule has 0 atom stereocenters. The van der Waals surface area contributed by atoms with Gasteiger partial charge in [0.2, 0.25) is 0 Å². The number of carbonyl (C=O) groups excluding carboxylic acids is 1. The Bertz CT molecular complexity index is 570. The summed E-state index contributed by atoms with van der Waals surface area (Å²) in [4.78, 5) is 11.3. The van der Waals surface area contributed by atoms with Crippen LogP contribution in [-0.2, 0) is 6.61 Å². The third kappa shape index (κ3) is 3.47. The normalized spacial score (nSPS) is 10.0. The summed E-state index contributed by atoms with van der Waals surface area (Å²) < 4.78 is 5.59. The lowest BCUT2D eigenvalue weighted by Crippen LogP contribution is -2.29. The van der Waals surface area contributed by atoms with E-state index in [2.05, 4.69) is 5.43 Å². The van der Waals surface area contributed by atoms with Crippen LogP contribution in [0.15, 0.2) is 48.5 Å². The molecule has 0 heterocycles. The van der Waals surface area contributed by atoms with Crippen LogP contribution < -0.4 is 16.0 Å². The number of nitrogens with one attached hydrogen (secondary N) is 1. The summed E-state index contributed by atoms with van der Waals surface area (Å²) in [6, 6.07) is 14.3. The van der Waals surface area contributed by atoms with Crippen molar-refractivity contribution in [3.05, 3.63) is 64.7 Å². The van der Waals surface area contributed by atoms with Crippen LogP contribution in [0.3, 0.4) is 0 Å². The molecule has 0 aromatic heterocycles. The first kappa shape index (κ1) is 13.4. The third-order valence-electron chi connectivity index (χ3n) is 2.58. The van der Waals surface area contributed by atoms with Crippen molar-refractivity contribution < 1.29 is 9.53 Å². The number of nitrogen functional groups attached to an aromatic ring is 1. The zero-order chi connectivity index (χ0) is 13.7. The molecule has 19 heavy (non-hydrogen) atoms. The molecule has 0 spiro atoms. The van der Waals surface area contributed by atoms with Crippen LogP contribution in [0.1, 0.15) is 15.9 Å². The molecule has 0 unspecified atom stereocenters. The first-order chi connectivity index (χ1) is 9.20. The van der Waals surface area contributed by atoms with Gasteiger partial charge in [0, 0.05) is 5.56 Å². The Hall–Kier alpha value is -2.04. The van der Waals surface area contributed by atoms with Crippen LogP contribution >= 0.6 is 11.6 Å². The van der Waals surface area contributed by atoms with Gasteiger partial charge in [-0.25, -0.2) is 5.84 Å². The Kier molecular flexibility index (Phi) is 4.39. The Balaban J connectivity index is 2.01. The van der Waals surface area contributed by atoms with E-state index in [1.807, 2.05) is 12.1 Å². The number of para-hydroxylation sites is 1. The maximum Gasteiger partial charge on any atom is 0.265 e. The largest absolute Gasteiger partial charge is 0.487 e. The van der Waals surface area contributed by atoms with Crippen LogP contribution in [0.2, 0.25) is 5.02 Å². The molecular formula is C14H13ClN2O2. The average molecular weight is 277 g/mol. The molecule has 98 valence electrons. The van der Waals surface area contributed by atoms with Crippen molar-refractivity contribution in [3.63, 3.8) is 0 Å². The van der Waals surface area contributed by atoms with Crippen molar-refractivity contribution >= 4 is 17.5 Å². The molecule has 0 saturated heterocycles. The van der Waals surface area contributed by atoms with E-state index in [1.165, 1.54) is 0 Å². The lowest BCUT2D eigenvalue weighted by molar-refractivity contribution is 0.0953. The van der Waals surface area contributed by atoms with Crippen molar-refractivity contribution in [1.82, 2.24) is 5.43 Å². The van der Waals surface area contributed by atoms with Crippen molar-refractivity contribution in [2.75, 3.05) is 0 Å². The molecule has 0 aliphatic heterocycles. The number of hydrogen-bond donors (Lipinski definition) is 2. The van der Waals surface area contributed by atoms with Gasteiger partial charge in [-0.1, -0.05) is 35.9 Å². The third-order valence-corrected chi connectivity index (χ3v) is 2.89. The van der Waals surface area contributed by atoms with E-state index in [4.69, 9.17) is 22.2 Å². The summed E-state index contributed by atoms with van der Waals surface area (Å²) in [6.45, 7) is 0.383. The molecule has 2 aromatic rings. The second-order valence-corrected chi connectivity index (χ2v) is 4.30. The SMILES string of the molecule is NNC(=O)c1ccc(COc2ccccc2Cl)cc1. The zero-order valence-corrected chi connectivity index (χ0v) is 10.9. The Morgan fingerprint density at radius 1 is 1.16 bits per heavy atom. The van der Waals surface area contributed by atoms with E-state index < -0.39 is 0 Å². The van der Waals surface area contributed by atoms with Gasteiger partial charge in [-0.2, -0.15) is 0 Å². The van der Waals surface area contributed by atoms with Crippen molar-refractivity contribution in [2.45, 2.75) is 6.61 Å². The van der Waals surface area contributed by atoms with E-state index in [0.717, 1.165) is 5.56 Å². The fourth-order valence-corrected chi connectivity index (χ4v) is 1.75. The molecule has 3 N–H and O–H groups in total. The van der Waals surface area contributed by atoms with Gasteiger partial charge >= 0.3 is 0 Å². The lowest BCUT2D eigenvalue weighted by atomic mass is 10.1. The van der Waals surface area contributed by atoms with Gasteiger partial charge in [-0.05, 0) is 29.8 Å². The fraction of sp³-hybridized carbons (Fsp3) is 0.0714. The second-order valence-electron chi connectivity index (χ2n) is 3.89. The molecule has 0 bridgehead atoms. The maximum absolute atomic E-state index is 11.3. The minimum absolute atomic E-state index is 0.321. The van der Waals surface area contributed by atoms with Gasteiger partial charge in [0.1, 0.15) is 12.4 Å². The Labute approximate surface area is 116 Å². The summed E-state index contributed by atoms with van der Waals surface area (Å²) in [5.74, 6) is 5.37. The summed E-state index contributed by atoms with van der Waals surface area (Å²) >= 11 is 5.98. The van der Waals surface area contributed by atoms with Crippen LogP contribution in [0, 0.1) is 0 Å². The van der Waals surface area contributed by atoms with Crippen LogP contribution in [0.4, 0.5) is 0 Å². The molecular weight excluding hydrogens is 264 g/mol. The molecule has 4 nitrogen and oxygen atoms in total. The highest BCUT2D eigenvalue weighted by molar-refractivity contribution is 6.32. The molecule has 0 aliphatic carbocycles. The maximum atomic E-state index is 11.3. The predicted molar refractivity (Wildman–Crippen MR) is 73.9 cm³/mol. The van der Waals surface area contributed by atoms with Crippen molar-refractivity contribution in [1.29, 1.82) is 0 Å². The molecule has 0 radical (unpaired) electrons. The first-order valence-corrected chi connectivity index (χ1v) is 6.05. The lowest BCUT2D eigenvalue weighted by Gasteiger charge is -2.08. The molecule has 1 amide bonds. The number of carbonyl (C=O) groups is 1. The standard InChI is InChI=1S/C14H13ClN2O2/c15-12-3-1-2-4-13(12)19-9-10-5-7-11(8-6-10)14(18)17-16/h1-8H,9,16H2,(H,17,18). The van der Waals surface area contributed by atoms with E-state index in [1.54, 1.807) is 36.4 Å². The molecule has 2 rings (SSSR count). The molecule has 0 fully saturated rings. The Morgan fingerprint density at radius 3 is 2.47 bits per heavy atom. The highest BCUT2D eigenvalue weighted by Crippen LogP contribution is 2.24. The minimum atomic E-state index is -0.321. The van der Waals surface area contributed by atoms with Crippen LogP contribution in [0.25, 0.3) is 0 Å². The average Bonchev–Trinajstić information content (AvgIpc) is 2.46. The van der Waals surface area contributed by atoms with E-state index in [9.17, 15) is 4.79 Å². The first-order valence-electron chi connectivity index (χ1n) is 5.68. The number of benzene rings is 2. The van der Waals surface area contributed by atoms with Gasteiger partial charge in [-0.15, -0.1) is 0 Å². The van der Waals surface area contributed by atoms with Crippen molar-refractivity contribution in [3.8, 4) is 5.75 Å². The van der Waals surface area contributed by atoms with E-state index in [0.29, 0.717) is 22.9 Å². The Morgan fingerprint density at radius 2 is 1.84 bits per heavy atom. The van der Waals surface area contributed by atoms with E-state index >= 15 is 0 Å². The van der Waals surface area contributed by atoms with Crippen molar-refractivity contribution in [2.24, 2.45) is 5.84 Å². The van der Waals surface area contributed by atoms with Gasteiger partial charge in [0.15, 0.2) is 0 Å². The number of hydrogen-bond acceptors (Lipinski definition) is 3. The van der Waals surface area contributed by atoms with Gasteiger partial charge in [0.05, 0.1) is 5.02 Å². The van der Waals surface area contributed by atoms with Crippen LogP contribution in [0.5, 0.6) is 5.75 Å². The van der Waals surface area contributed by atoms with Crippen LogP contribution in [-0.4, -0.2) is 5.91 Å². The topological polar surface area (TPSA) is 64.3 Å². The number of ether oxygens (including phenoxy) is 1. The van der Waals surface area contributed by atoms with Gasteiger partial charge < -0.3 is 4.74 Å². The summed E-state index contributed by atoms with van der Waals surface area (Å²) in [5, 5.41) is 0.571. The van der Waals surface area contributed by atoms with Gasteiger partial charge in [-0.3, -0.25) is 10.2 Å². The van der Waals surface area contributed by atoms with E-state index in [-0.39, 0.29) is 5.91 Å². The molecule has 5 heteroatoms. The minimum Gasteiger partial charge on any atom is -0.487 e. The predicted octanol–water partition coefficient (Wildman–Crippen LogP) is 2.52. The monoisotopic (exact) mass is 276 g/mol. The zero-order valence-electron chi connectivity index (χ0n) is 10.1. The summed E-state index contributed by atoms with van der Waals surface area (Å²) in [5.41, 5.74) is 3.52. The smallest absolute Gasteiger partial charge is 0.265 e. The number of hydrazine groups is 1. The number of amides is 1.